The fraction of sp³-hybridized carbons (Fsp3) is 0.400. The fourth-order valence-electron chi connectivity index (χ4n) is 1.87. The predicted molar refractivity (Wildman–Crippen MR) is 79.5 cm³/mol. The van der Waals surface area contributed by atoms with Gasteiger partial charge >= 0.3 is 0 Å². The van der Waals surface area contributed by atoms with Gasteiger partial charge in [-0.3, -0.25) is 4.79 Å². The van der Waals surface area contributed by atoms with Crippen molar-refractivity contribution in [2.45, 2.75) is 39.7 Å². The molecule has 0 bridgehead atoms. The van der Waals surface area contributed by atoms with Gasteiger partial charge in [0.25, 0.3) is 0 Å². The Bertz CT molecular complexity index is 576. The summed E-state index contributed by atoms with van der Waals surface area (Å²) in [5.74, 6) is 0.757. The summed E-state index contributed by atoms with van der Waals surface area (Å²) in [5, 5.41) is 4.03. The van der Waals surface area contributed by atoms with Crippen molar-refractivity contribution in [3.8, 4) is 5.75 Å². The Morgan fingerprint density at radius 1 is 1.30 bits per heavy atom. The molecule has 2 aromatic rings. The van der Waals surface area contributed by atoms with E-state index in [0.29, 0.717) is 10.4 Å². The van der Waals surface area contributed by atoms with Crippen LogP contribution >= 0.6 is 11.5 Å². The van der Waals surface area contributed by atoms with Crippen molar-refractivity contribution >= 4 is 17.3 Å². The summed E-state index contributed by atoms with van der Waals surface area (Å²) in [6, 6.07) is 7.22. The molecule has 0 spiro atoms. The first-order chi connectivity index (χ1) is 9.61. The minimum atomic E-state index is -0.0143. The van der Waals surface area contributed by atoms with Gasteiger partial charge in [-0.2, -0.15) is 0 Å². The van der Waals surface area contributed by atoms with E-state index in [1.54, 1.807) is 12.1 Å². The highest BCUT2D eigenvalue weighted by Crippen LogP contribution is 2.20. The summed E-state index contributed by atoms with van der Waals surface area (Å²) in [4.78, 5) is 13.1. The molecule has 106 valence electrons. The smallest absolute Gasteiger partial charge is 0.206 e. The largest absolute Gasteiger partial charge is 0.491 e. The van der Waals surface area contributed by atoms with Gasteiger partial charge in [-0.25, -0.2) is 0 Å². The molecule has 5 heteroatoms. The van der Waals surface area contributed by atoms with Gasteiger partial charge in [0.2, 0.25) is 5.78 Å². The van der Waals surface area contributed by atoms with Crippen molar-refractivity contribution in [1.82, 2.24) is 9.59 Å². The highest BCUT2D eigenvalue weighted by molar-refractivity contribution is 7.08. The Kier molecular flexibility index (Phi) is 4.84. The molecule has 0 fully saturated rings. The fourth-order valence-corrected chi connectivity index (χ4v) is 2.54. The number of carbonyl (C=O) groups is 1. The van der Waals surface area contributed by atoms with Crippen LogP contribution in [-0.2, 0) is 6.42 Å². The van der Waals surface area contributed by atoms with Crippen molar-refractivity contribution in [2.75, 3.05) is 0 Å². The van der Waals surface area contributed by atoms with Crippen LogP contribution in [0.25, 0.3) is 0 Å². The van der Waals surface area contributed by atoms with E-state index in [0.717, 1.165) is 24.3 Å². The van der Waals surface area contributed by atoms with Crippen molar-refractivity contribution in [3.63, 3.8) is 0 Å². The van der Waals surface area contributed by atoms with Crippen molar-refractivity contribution in [3.05, 3.63) is 40.4 Å². The molecule has 0 radical (unpaired) electrons. The van der Waals surface area contributed by atoms with Crippen molar-refractivity contribution in [2.24, 2.45) is 0 Å². The minimum absolute atomic E-state index is 0.0143. The second kappa shape index (κ2) is 6.61. The number of aryl methyl sites for hydroxylation is 1. The number of ether oxygens (including phenoxy) is 1. The second-order valence-corrected chi connectivity index (χ2v) is 5.57. The van der Waals surface area contributed by atoms with Gasteiger partial charge in [0.1, 0.15) is 10.6 Å². The van der Waals surface area contributed by atoms with Gasteiger partial charge in [0.05, 0.1) is 11.8 Å². The van der Waals surface area contributed by atoms with Crippen LogP contribution in [0.5, 0.6) is 5.75 Å². The number of aromatic nitrogens is 2. The van der Waals surface area contributed by atoms with E-state index < -0.39 is 0 Å². The standard InChI is InChI=1S/C15H18N2O2S/c1-4-5-13-15(20-17-16-13)14(18)11-6-8-12(9-7-11)19-10(2)3/h6-10H,4-5H2,1-3H3. The zero-order valence-electron chi connectivity index (χ0n) is 11.9. The molecule has 0 aliphatic heterocycles. The maximum Gasteiger partial charge on any atom is 0.206 e. The highest BCUT2D eigenvalue weighted by atomic mass is 32.1. The SMILES string of the molecule is CCCc1nnsc1C(=O)c1ccc(OC(C)C)cc1. The number of hydrogen-bond acceptors (Lipinski definition) is 5. The van der Waals surface area contributed by atoms with Crippen LogP contribution in [0.15, 0.2) is 24.3 Å². The van der Waals surface area contributed by atoms with E-state index in [2.05, 4.69) is 16.5 Å². The van der Waals surface area contributed by atoms with E-state index in [-0.39, 0.29) is 11.9 Å². The number of carbonyl (C=O) groups excluding carboxylic acids is 1. The number of hydrogen-bond donors (Lipinski definition) is 0. The second-order valence-electron chi connectivity index (χ2n) is 4.82. The van der Waals surface area contributed by atoms with Gasteiger partial charge in [0.15, 0.2) is 0 Å². The summed E-state index contributed by atoms with van der Waals surface area (Å²) in [6.45, 7) is 6.00. The zero-order chi connectivity index (χ0) is 14.5. The average molecular weight is 290 g/mol. The first-order valence-corrected chi connectivity index (χ1v) is 7.51. The summed E-state index contributed by atoms with van der Waals surface area (Å²) in [6.07, 6.45) is 1.86. The molecule has 20 heavy (non-hydrogen) atoms. The Hall–Kier alpha value is -1.75. The maximum absolute atomic E-state index is 12.4. The van der Waals surface area contributed by atoms with E-state index in [1.165, 1.54) is 11.5 Å². The third-order valence-electron chi connectivity index (χ3n) is 2.74. The van der Waals surface area contributed by atoms with Gasteiger partial charge in [-0.05, 0) is 56.1 Å². The predicted octanol–water partition coefficient (Wildman–Crippen LogP) is 3.51. The van der Waals surface area contributed by atoms with Gasteiger partial charge in [0, 0.05) is 5.56 Å². The molecule has 0 atom stereocenters. The quantitative estimate of drug-likeness (QED) is 0.764. The van der Waals surface area contributed by atoms with Crippen molar-refractivity contribution < 1.29 is 9.53 Å². The molecule has 1 aromatic heterocycles. The molecule has 0 N–H and O–H groups in total. The summed E-state index contributed by atoms with van der Waals surface area (Å²) >= 11 is 1.17. The average Bonchev–Trinajstić information content (AvgIpc) is 2.87. The van der Waals surface area contributed by atoms with E-state index >= 15 is 0 Å². The molecule has 0 aliphatic carbocycles. The third-order valence-corrected chi connectivity index (χ3v) is 3.50. The monoisotopic (exact) mass is 290 g/mol. The molecular formula is C15H18N2O2S. The Labute approximate surface area is 123 Å². The lowest BCUT2D eigenvalue weighted by Crippen LogP contribution is -2.06. The Morgan fingerprint density at radius 2 is 2.00 bits per heavy atom. The topological polar surface area (TPSA) is 52.1 Å². The third kappa shape index (κ3) is 3.42. The van der Waals surface area contributed by atoms with Crippen LogP contribution in [-0.4, -0.2) is 21.5 Å². The highest BCUT2D eigenvalue weighted by Gasteiger charge is 2.17. The Morgan fingerprint density at radius 3 is 2.60 bits per heavy atom. The molecule has 0 saturated heterocycles. The van der Waals surface area contributed by atoms with E-state index in [1.807, 2.05) is 26.0 Å². The van der Waals surface area contributed by atoms with E-state index in [9.17, 15) is 4.79 Å². The minimum Gasteiger partial charge on any atom is -0.491 e. The molecule has 0 amide bonds. The molecule has 1 aromatic carbocycles. The lowest BCUT2D eigenvalue weighted by atomic mass is 10.1. The molecule has 0 unspecified atom stereocenters. The van der Waals surface area contributed by atoms with Crippen molar-refractivity contribution in [1.29, 1.82) is 0 Å². The maximum atomic E-state index is 12.4. The van der Waals surface area contributed by atoms with Crippen LogP contribution in [0.3, 0.4) is 0 Å². The molecule has 2 rings (SSSR count). The van der Waals surface area contributed by atoms with Gasteiger partial charge in [-0.1, -0.05) is 17.8 Å². The van der Waals surface area contributed by atoms with Crippen LogP contribution < -0.4 is 4.74 Å². The zero-order valence-corrected chi connectivity index (χ0v) is 12.7. The first-order valence-electron chi connectivity index (χ1n) is 6.74. The number of benzene rings is 1. The lowest BCUT2D eigenvalue weighted by molar-refractivity contribution is 0.104. The summed E-state index contributed by atoms with van der Waals surface area (Å²) in [5.41, 5.74) is 1.44. The first kappa shape index (κ1) is 14.7. The van der Waals surface area contributed by atoms with Gasteiger partial charge in [-0.15, -0.1) is 5.10 Å². The molecule has 0 saturated carbocycles. The lowest BCUT2D eigenvalue weighted by Gasteiger charge is -2.09. The molecular weight excluding hydrogens is 272 g/mol. The normalized spacial score (nSPS) is 10.8. The Balaban J connectivity index is 2.18. The number of ketones is 1. The molecule has 4 nitrogen and oxygen atoms in total. The van der Waals surface area contributed by atoms with Crippen LogP contribution in [0.4, 0.5) is 0 Å². The van der Waals surface area contributed by atoms with Crippen LogP contribution in [0.1, 0.15) is 48.1 Å². The summed E-state index contributed by atoms with van der Waals surface area (Å²) < 4.78 is 9.46. The van der Waals surface area contributed by atoms with Gasteiger partial charge < -0.3 is 4.74 Å². The molecule has 0 aliphatic rings. The van der Waals surface area contributed by atoms with Crippen LogP contribution in [0, 0.1) is 0 Å². The van der Waals surface area contributed by atoms with E-state index in [4.69, 9.17) is 4.74 Å². The molecule has 1 heterocycles. The number of rotatable bonds is 6. The summed E-state index contributed by atoms with van der Waals surface area (Å²) in [7, 11) is 0. The van der Waals surface area contributed by atoms with Crippen LogP contribution in [0.2, 0.25) is 0 Å². The number of nitrogens with zero attached hydrogens (tertiary/aromatic N) is 2.